The Balaban J connectivity index is 3.10. The summed E-state index contributed by atoms with van der Waals surface area (Å²) < 4.78 is 0. The van der Waals surface area contributed by atoms with E-state index in [4.69, 9.17) is 5.84 Å². The molecule has 1 rings (SSSR count). The normalized spacial score (nSPS) is 25.3. The molecule has 0 aromatic rings. The monoisotopic (exact) mass is 297 g/mol. The molecule has 0 aromatic heterocycles. The van der Waals surface area contributed by atoms with Crippen LogP contribution < -0.4 is 11.3 Å². The highest BCUT2D eigenvalue weighted by Gasteiger charge is 2.45. The van der Waals surface area contributed by atoms with Gasteiger partial charge in [-0.2, -0.15) is 0 Å². The molecule has 21 heavy (non-hydrogen) atoms. The van der Waals surface area contributed by atoms with Crippen molar-refractivity contribution in [3.05, 3.63) is 0 Å². The molecule has 1 aliphatic carbocycles. The summed E-state index contributed by atoms with van der Waals surface area (Å²) in [4.78, 5) is 2.65. The van der Waals surface area contributed by atoms with Crippen LogP contribution in [0.5, 0.6) is 0 Å². The SMILES string of the molecule is CCC1CCCCC1C(NN)C(CC)(CC)N(CC)CC. The zero-order valence-electron chi connectivity index (χ0n) is 15.1. The van der Waals surface area contributed by atoms with Gasteiger partial charge in [0.05, 0.1) is 0 Å². The lowest BCUT2D eigenvalue weighted by atomic mass is 9.66. The third-order valence-electron chi connectivity index (χ3n) is 6.30. The highest BCUT2D eigenvalue weighted by molar-refractivity contribution is 5.02. The number of hydrogen-bond acceptors (Lipinski definition) is 3. The maximum atomic E-state index is 6.13. The van der Waals surface area contributed by atoms with Gasteiger partial charge in [0.15, 0.2) is 0 Å². The quantitative estimate of drug-likeness (QED) is 0.500. The average Bonchev–Trinajstić information content (AvgIpc) is 2.55. The number of likely N-dealkylation sites (N-methyl/N-ethyl adjacent to an activating group) is 1. The van der Waals surface area contributed by atoms with Crippen molar-refractivity contribution in [2.24, 2.45) is 17.7 Å². The van der Waals surface area contributed by atoms with Gasteiger partial charge in [-0.3, -0.25) is 16.2 Å². The summed E-state index contributed by atoms with van der Waals surface area (Å²) in [6, 6.07) is 0.414. The number of nitrogens with zero attached hydrogens (tertiary/aromatic N) is 1. The van der Waals surface area contributed by atoms with Crippen LogP contribution in [0.3, 0.4) is 0 Å². The third kappa shape index (κ3) is 3.80. The molecule has 126 valence electrons. The van der Waals surface area contributed by atoms with Gasteiger partial charge in [0, 0.05) is 11.6 Å². The number of nitrogens with two attached hydrogens (primary N) is 1. The molecular formula is C18H39N3. The van der Waals surface area contributed by atoms with Crippen molar-refractivity contribution in [3.63, 3.8) is 0 Å². The van der Waals surface area contributed by atoms with E-state index in [9.17, 15) is 0 Å². The fraction of sp³-hybridized carbons (Fsp3) is 1.00. The summed E-state index contributed by atoms with van der Waals surface area (Å²) in [5.74, 6) is 7.70. The van der Waals surface area contributed by atoms with E-state index in [0.717, 1.165) is 24.9 Å². The highest BCUT2D eigenvalue weighted by Crippen LogP contribution is 2.41. The summed E-state index contributed by atoms with van der Waals surface area (Å²) >= 11 is 0. The first-order valence-corrected chi connectivity index (χ1v) is 9.36. The summed E-state index contributed by atoms with van der Waals surface area (Å²) in [6.45, 7) is 13.8. The van der Waals surface area contributed by atoms with Crippen LogP contribution in [0.15, 0.2) is 0 Å². The van der Waals surface area contributed by atoms with Gasteiger partial charge in [-0.15, -0.1) is 0 Å². The van der Waals surface area contributed by atoms with Crippen molar-refractivity contribution in [1.29, 1.82) is 0 Å². The number of hydrogen-bond donors (Lipinski definition) is 2. The zero-order chi connectivity index (χ0) is 15.9. The molecule has 3 N–H and O–H groups in total. The van der Waals surface area contributed by atoms with E-state index in [0.29, 0.717) is 6.04 Å². The van der Waals surface area contributed by atoms with Gasteiger partial charge >= 0.3 is 0 Å². The van der Waals surface area contributed by atoms with Crippen LogP contribution >= 0.6 is 0 Å². The van der Waals surface area contributed by atoms with Crippen molar-refractivity contribution in [1.82, 2.24) is 10.3 Å². The van der Waals surface area contributed by atoms with Crippen LogP contribution in [0, 0.1) is 11.8 Å². The van der Waals surface area contributed by atoms with Gasteiger partial charge in [0.1, 0.15) is 0 Å². The number of nitrogens with one attached hydrogen (secondary N) is 1. The van der Waals surface area contributed by atoms with Crippen molar-refractivity contribution >= 4 is 0 Å². The van der Waals surface area contributed by atoms with E-state index in [2.05, 4.69) is 44.9 Å². The molecule has 1 saturated carbocycles. The standard InChI is InChI=1S/C18H39N3/c1-6-15-13-11-12-14-16(15)17(20-19)18(7-2,8-3)21(9-4)10-5/h15-17,20H,6-14,19H2,1-5H3. The smallest absolute Gasteiger partial charge is 0.0425 e. The third-order valence-corrected chi connectivity index (χ3v) is 6.30. The first-order valence-electron chi connectivity index (χ1n) is 9.36. The molecule has 3 nitrogen and oxygen atoms in total. The van der Waals surface area contributed by atoms with E-state index in [1.54, 1.807) is 0 Å². The first kappa shape index (κ1) is 18.9. The first-order chi connectivity index (χ1) is 10.1. The minimum absolute atomic E-state index is 0.202. The van der Waals surface area contributed by atoms with Crippen LogP contribution in [-0.2, 0) is 0 Å². The van der Waals surface area contributed by atoms with Gasteiger partial charge in [0.25, 0.3) is 0 Å². The van der Waals surface area contributed by atoms with Gasteiger partial charge in [0.2, 0.25) is 0 Å². The molecule has 1 fully saturated rings. The molecule has 0 spiro atoms. The lowest BCUT2D eigenvalue weighted by molar-refractivity contribution is 0.00264. The Morgan fingerprint density at radius 1 is 1.05 bits per heavy atom. The molecule has 1 aliphatic rings. The molecule has 0 aromatic carbocycles. The lowest BCUT2D eigenvalue weighted by Crippen LogP contribution is -2.65. The average molecular weight is 298 g/mol. The molecule has 0 amide bonds. The molecule has 3 heteroatoms. The maximum absolute atomic E-state index is 6.13. The van der Waals surface area contributed by atoms with Crippen LogP contribution in [0.4, 0.5) is 0 Å². The Kier molecular flexibility index (Phi) is 8.22. The van der Waals surface area contributed by atoms with Crippen LogP contribution in [0.25, 0.3) is 0 Å². The van der Waals surface area contributed by atoms with Gasteiger partial charge in [-0.25, -0.2) is 0 Å². The van der Waals surface area contributed by atoms with Crippen molar-refractivity contribution in [2.75, 3.05) is 13.1 Å². The Morgan fingerprint density at radius 2 is 1.62 bits per heavy atom. The molecule has 0 heterocycles. The van der Waals surface area contributed by atoms with Crippen molar-refractivity contribution < 1.29 is 0 Å². The minimum atomic E-state index is 0.202. The zero-order valence-corrected chi connectivity index (χ0v) is 15.1. The second-order valence-electron chi connectivity index (χ2n) is 6.74. The second-order valence-corrected chi connectivity index (χ2v) is 6.74. The van der Waals surface area contributed by atoms with Crippen molar-refractivity contribution in [2.45, 2.75) is 91.1 Å². The topological polar surface area (TPSA) is 41.3 Å². The molecule has 3 unspecified atom stereocenters. The Bertz CT molecular complexity index is 272. The molecule has 0 bridgehead atoms. The van der Waals surface area contributed by atoms with Crippen LogP contribution in [0.1, 0.15) is 79.6 Å². The molecule has 0 radical (unpaired) electrons. The summed E-state index contributed by atoms with van der Waals surface area (Å²) in [6.07, 6.45) is 9.16. The van der Waals surface area contributed by atoms with E-state index >= 15 is 0 Å². The Hall–Kier alpha value is -0.120. The lowest BCUT2D eigenvalue weighted by Gasteiger charge is -2.52. The molecule has 0 saturated heterocycles. The number of hydrazine groups is 1. The summed E-state index contributed by atoms with van der Waals surface area (Å²) in [5, 5.41) is 0. The van der Waals surface area contributed by atoms with E-state index < -0.39 is 0 Å². The largest absolute Gasteiger partial charge is 0.297 e. The predicted octanol–water partition coefficient (Wildman–Crippen LogP) is 3.94. The summed E-state index contributed by atoms with van der Waals surface area (Å²) in [7, 11) is 0. The fourth-order valence-electron chi connectivity index (χ4n) is 5.05. The van der Waals surface area contributed by atoms with E-state index in [1.807, 2.05) is 0 Å². The highest BCUT2D eigenvalue weighted by atomic mass is 15.3. The predicted molar refractivity (Wildman–Crippen MR) is 93.1 cm³/mol. The molecule has 0 aliphatic heterocycles. The van der Waals surface area contributed by atoms with Crippen LogP contribution in [0.2, 0.25) is 0 Å². The van der Waals surface area contributed by atoms with Crippen molar-refractivity contribution in [3.8, 4) is 0 Å². The number of rotatable bonds is 9. The maximum Gasteiger partial charge on any atom is 0.0425 e. The summed E-state index contributed by atoms with van der Waals surface area (Å²) in [5.41, 5.74) is 3.49. The van der Waals surface area contributed by atoms with Gasteiger partial charge < -0.3 is 0 Å². The molecular weight excluding hydrogens is 258 g/mol. The molecule has 3 atom stereocenters. The fourth-order valence-corrected chi connectivity index (χ4v) is 5.05. The second kappa shape index (κ2) is 9.12. The van der Waals surface area contributed by atoms with E-state index in [-0.39, 0.29) is 5.54 Å². The van der Waals surface area contributed by atoms with Crippen LogP contribution in [-0.4, -0.2) is 29.6 Å². The minimum Gasteiger partial charge on any atom is -0.297 e. The van der Waals surface area contributed by atoms with Gasteiger partial charge in [-0.05, 0) is 44.2 Å². The van der Waals surface area contributed by atoms with Gasteiger partial charge in [-0.1, -0.05) is 60.3 Å². The Labute approximate surface area is 133 Å². The Morgan fingerprint density at radius 3 is 2.05 bits per heavy atom. The van der Waals surface area contributed by atoms with E-state index in [1.165, 1.54) is 44.9 Å².